The molecule has 0 fully saturated rings. The Kier molecular flexibility index (Phi) is 7.07. The van der Waals surface area contributed by atoms with Crippen LogP contribution in [-0.4, -0.2) is 24.9 Å². The first-order valence-electron chi connectivity index (χ1n) is 10.5. The van der Waals surface area contributed by atoms with Gasteiger partial charge in [-0.2, -0.15) is 5.26 Å². The number of amides is 2. The minimum Gasteiger partial charge on any atom is -0.357 e. The lowest BCUT2D eigenvalue weighted by atomic mass is 9.84. The molecule has 0 heterocycles. The molecule has 2 amide bonds. The minimum absolute atomic E-state index is 0.279. The molecule has 0 radical (unpaired) electrons. The van der Waals surface area contributed by atoms with Crippen molar-refractivity contribution in [2.45, 2.75) is 31.2 Å². The molecule has 162 valence electrons. The highest BCUT2D eigenvalue weighted by molar-refractivity contribution is 5.98. The van der Waals surface area contributed by atoms with Crippen LogP contribution in [0.25, 0.3) is 0 Å². The molecule has 3 aromatic carbocycles. The van der Waals surface area contributed by atoms with Crippen molar-refractivity contribution in [2.75, 3.05) is 7.05 Å². The normalized spacial score (nSPS) is 12.0. The lowest BCUT2D eigenvalue weighted by molar-refractivity contribution is -0.122. The Balaban J connectivity index is 1.96. The molecule has 0 saturated heterocycles. The highest BCUT2D eigenvalue weighted by Crippen LogP contribution is 2.29. The molecular formula is C27H27N3O2. The summed E-state index contributed by atoms with van der Waals surface area (Å²) in [5.41, 5.74) is 2.46. The molecule has 0 saturated carbocycles. The van der Waals surface area contributed by atoms with E-state index in [-0.39, 0.29) is 17.7 Å². The summed E-state index contributed by atoms with van der Waals surface area (Å²) < 4.78 is 0. The van der Waals surface area contributed by atoms with Gasteiger partial charge in [0.2, 0.25) is 5.91 Å². The van der Waals surface area contributed by atoms with Crippen molar-refractivity contribution in [3.05, 3.63) is 107 Å². The third-order valence-electron chi connectivity index (χ3n) is 5.61. The highest BCUT2D eigenvalue weighted by atomic mass is 16.2. The van der Waals surface area contributed by atoms with Gasteiger partial charge in [0, 0.05) is 18.5 Å². The number of hydrogen-bond donors (Lipinski definition) is 2. The number of nitriles is 1. The van der Waals surface area contributed by atoms with Gasteiger partial charge in [-0.25, -0.2) is 0 Å². The predicted molar refractivity (Wildman–Crippen MR) is 125 cm³/mol. The summed E-state index contributed by atoms with van der Waals surface area (Å²) in [6.45, 7) is 3.65. The summed E-state index contributed by atoms with van der Waals surface area (Å²) in [4.78, 5) is 26.0. The smallest absolute Gasteiger partial charge is 0.251 e. The van der Waals surface area contributed by atoms with Crippen LogP contribution in [0.1, 0.15) is 46.8 Å². The first kappa shape index (κ1) is 22.8. The Morgan fingerprint density at radius 2 is 1.34 bits per heavy atom. The summed E-state index contributed by atoms with van der Waals surface area (Å²) in [6.07, 6.45) is 0. The van der Waals surface area contributed by atoms with Crippen molar-refractivity contribution >= 4 is 11.8 Å². The number of nitrogens with zero attached hydrogens (tertiary/aromatic N) is 1. The van der Waals surface area contributed by atoms with Crippen LogP contribution >= 0.6 is 0 Å². The van der Waals surface area contributed by atoms with Gasteiger partial charge in [-0.15, -0.1) is 0 Å². The van der Waals surface area contributed by atoms with Crippen molar-refractivity contribution in [2.24, 2.45) is 0 Å². The average molecular weight is 426 g/mol. The first-order chi connectivity index (χ1) is 15.4. The number of rotatable bonds is 7. The number of carbonyl (C=O) groups excluding carboxylic acids is 2. The minimum atomic E-state index is -0.812. The molecule has 3 rings (SSSR count). The molecule has 32 heavy (non-hydrogen) atoms. The maximum Gasteiger partial charge on any atom is 0.251 e. The molecular weight excluding hydrogens is 398 g/mol. The van der Waals surface area contributed by atoms with Gasteiger partial charge in [0.05, 0.1) is 11.5 Å². The number of likely N-dealkylation sites (N-methyl/N-ethyl adjacent to an activating group) is 1. The molecule has 0 aliphatic carbocycles. The molecule has 1 atom stereocenters. The van der Waals surface area contributed by atoms with Gasteiger partial charge in [-0.1, -0.05) is 72.8 Å². The standard InChI is InChI=1S/C27H27N3O2/c1-27(2,18-28)22-16-14-21(15-17-22)25(31)30-24(26(32)29-3)23(19-10-6-4-7-11-19)20-12-8-5-9-13-20/h4-17,23-24H,1-3H3,(H,29,32)(H,30,31)/t24-/m0/s1. The van der Waals surface area contributed by atoms with Crippen LogP contribution in [0.2, 0.25) is 0 Å². The van der Waals surface area contributed by atoms with Crippen LogP contribution in [0, 0.1) is 11.3 Å². The number of carbonyl (C=O) groups is 2. The first-order valence-corrected chi connectivity index (χ1v) is 10.5. The Morgan fingerprint density at radius 3 is 1.78 bits per heavy atom. The quantitative estimate of drug-likeness (QED) is 0.596. The second-order valence-electron chi connectivity index (χ2n) is 8.18. The van der Waals surface area contributed by atoms with Gasteiger partial charge in [0.15, 0.2) is 0 Å². The molecule has 0 spiro atoms. The molecule has 5 heteroatoms. The van der Waals surface area contributed by atoms with E-state index in [0.717, 1.165) is 16.7 Å². The van der Waals surface area contributed by atoms with Crippen molar-refractivity contribution in [1.29, 1.82) is 5.26 Å². The van der Waals surface area contributed by atoms with Gasteiger partial charge in [0.25, 0.3) is 5.91 Å². The molecule has 0 aromatic heterocycles. The predicted octanol–water partition coefficient (Wildman–Crippen LogP) is 4.16. The SMILES string of the molecule is CNC(=O)[C@@H](NC(=O)c1ccc(C(C)(C)C#N)cc1)C(c1ccccc1)c1ccccc1. The van der Waals surface area contributed by atoms with Gasteiger partial charge < -0.3 is 10.6 Å². The zero-order chi connectivity index (χ0) is 23.1. The van der Waals surface area contributed by atoms with Gasteiger partial charge >= 0.3 is 0 Å². The number of benzene rings is 3. The van der Waals surface area contributed by atoms with Crippen molar-refractivity contribution in [3.8, 4) is 6.07 Å². The monoisotopic (exact) mass is 425 g/mol. The number of hydrogen-bond acceptors (Lipinski definition) is 3. The zero-order valence-electron chi connectivity index (χ0n) is 18.5. The average Bonchev–Trinajstić information content (AvgIpc) is 2.84. The Bertz CT molecular complexity index is 1060. The van der Waals surface area contributed by atoms with E-state index in [1.165, 1.54) is 0 Å². The largest absolute Gasteiger partial charge is 0.357 e. The Morgan fingerprint density at radius 1 is 0.844 bits per heavy atom. The van der Waals surface area contributed by atoms with Crippen LogP contribution in [0.4, 0.5) is 0 Å². The zero-order valence-corrected chi connectivity index (χ0v) is 18.5. The summed E-state index contributed by atoms with van der Waals surface area (Å²) in [5, 5.41) is 15.0. The fourth-order valence-electron chi connectivity index (χ4n) is 3.68. The van der Waals surface area contributed by atoms with Crippen LogP contribution in [0.5, 0.6) is 0 Å². The van der Waals surface area contributed by atoms with Crippen LogP contribution in [-0.2, 0) is 10.2 Å². The third-order valence-corrected chi connectivity index (χ3v) is 5.61. The molecule has 2 N–H and O–H groups in total. The molecule has 5 nitrogen and oxygen atoms in total. The second kappa shape index (κ2) is 9.93. The highest BCUT2D eigenvalue weighted by Gasteiger charge is 2.32. The second-order valence-corrected chi connectivity index (χ2v) is 8.18. The van der Waals surface area contributed by atoms with Crippen molar-refractivity contribution in [1.82, 2.24) is 10.6 Å². The van der Waals surface area contributed by atoms with E-state index in [2.05, 4.69) is 16.7 Å². The van der Waals surface area contributed by atoms with E-state index in [1.807, 2.05) is 74.5 Å². The Hall–Kier alpha value is -3.91. The van der Waals surface area contributed by atoms with Gasteiger partial charge in [-0.05, 0) is 42.7 Å². The van der Waals surface area contributed by atoms with Gasteiger partial charge in [0.1, 0.15) is 6.04 Å². The van der Waals surface area contributed by atoms with Crippen LogP contribution < -0.4 is 10.6 Å². The topological polar surface area (TPSA) is 82.0 Å². The van der Waals surface area contributed by atoms with Crippen LogP contribution in [0.3, 0.4) is 0 Å². The lowest BCUT2D eigenvalue weighted by Gasteiger charge is -2.28. The fraction of sp³-hybridized carbons (Fsp3) is 0.222. The van der Waals surface area contributed by atoms with Gasteiger partial charge in [-0.3, -0.25) is 9.59 Å². The summed E-state index contributed by atoms with van der Waals surface area (Å²) in [7, 11) is 1.56. The summed E-state index contributed by atoms with van der Waals surface area (Å²) in [5.74, 6) is -0.992. The number of nitrogens with one attached hydrogen (secondary N) is 2. The molecule has 0 aliphatic rings. The van der Waals surface area contributed by atoms with E-state index in [1.54, 1.807) is 31.3 Å². The van der Waals surface area contributed by atoms with Crippen LogP contribution in [0.15, 0.2) is 84.9 Å². The maximum absolute atomic E-state index is 13.1. The molecule has 0 bridgehead atoms. The third kappa shape index (κ3) is 5.04. The molecule has 0 aliphatic heterocycles. The van der Waals surface area contributed by atoms with E-state index in [0.29, 0.717) is 5.56 Å². The summed E-state index contributed by atoms with van der Waals surface area (Å²) in [6, 6.07) is 27.7. The molecule has 0 unspecified atom stereocenters. The van der Waals surface area contributed by atoms with E-state index >= 15 is 0 Å². The van der Waals surface area contributed by atoms with E-state index in [9.17, 15) is 14.9 Å². The van der Waals surface area contributed by atoms with E-state index < -0.39 is 11.5 Å². The maximum atomic E-state index is 13.1. The van der Waals surface area contributed by atoms with E-state index in [4.69, 9.17) is 0 Å². The Labute approximate surface area is 189 Å². The lowest BCUT2D eigenvalue weighted by Crippen LogP contribution is -2.49. The van der Waals surface area contributed by atoms with Crippen molar-refractivity contribution in [3.63, 3.8) is 0 Å². The fourth-order valence-corrected chi connectivity index (χ4v) is 3.68. The van der Waals surface area contributed by atoms with Crippen molar-refractivity contribution < 1.29 is 9.59 Å². The molecule has 3 aromatic rings. The summed E-state index contributed by atoms with van der Waals surface area (Å²) >= 11 is 0.